The van der Waals surface area contributed by atoms with Crippen LogP contribution in [0.3, 0.4) is 0 Å². The average molecular weight is 228 g/mol. The monoisotopic (exact) mass is 228 g/mol. The van der Waals surface area contributed by atoms with Gasteiger partial charge in [-0.25, -0.2) is 0 Å². The number of rotatable bonds is 5. The van der Waals surface area contributed by atoms with Crippen molar-refractivity contribution in [2.75, 3.05) is 11.5 Å². The summed E-state index contributed by atoms with van der Waals surface area (Å²) < 4.78 is 0. The van der Waals surface area contributed by atoms with E-state index < -0.39 is 0 Å². The zero-order valence-electron chi connectivity index (χ0n) is 10.8. The second-order valence-corrected chi connectivity index (χ2v) is 5.24. The predicted octanol–water partition coefficient (Wildman–Crippen LogP) is 5.15. The first-order valence-electron chi connectivity index (χ1n) is 6.57. The normalized spacial score (nSPS) is 25.3. The van der Waals surface area contributed by atoms with Gasteiger partial charge in [0.1, 0.15) is 0 Å². The van der Waals surface area contributed by atoms with Crippen molar-refractivity contribution in [1.29, 1.82) is 0 Å². The highest BCUT2D eigenvalue weighted by Crippen LogP contribution is 2.31. The van der Waals surface area contributed by atoms with E-state index >= 15 is 0 Å². The highest BCUT2D eigenvalue weighted by Gasteiger charge is 2.18. The molecule has 0 atom stereocenters. The molecule has 0 unspecified atom stereocenters. The molecule has 1 heteroatoms. The summed E-state index contributed by atoms with van der Waals surface area (Å²) >= 11 is 2.14. The average Bonchev–Trinajstić information content (AvgIpc) is 2.33. The second-order valence-electron chi connectivity index (χ2n) is 4.09. The molecule has 0 spiro atoms. The minimum absolute atomic E-state index is 0.826. The van der Waals surface area contributed by atoms with Gasteiger partial charge in [-0.3, -0.25) is 0 Å². The molecule has 0 aromatic carbocycles. The first-order chi connectivity index (χ1) is 7.36. The molecule has 0 aromatic heterocycles. The van der Waals surface area contributed by atoms with Gasteiger partial charge in [-0.05, 0) is 55.4 Å². The maximum Gasteiger partial charge on any atom is -0.00391 e. The summed E-state index contributed by atoms with van der Waals surface area (Å²) in [6, 6.07) is 0. The van der Waals surface area contributed by atoms with Crippen LogP contribution in [0.4, 0.5) is 0 Å². The Hall–Kier alpha value is 0.0900. The molecule has 0 aliphatic heterocycles. The van der Waals surface area contributed by atoms with Crippen LogP contribution in [0, 0.1) is 11.8 Å². The molecule has 1 fully saturated rings. The van der Waals surface area contributed by atoms with Gasteiger partial charge in [0.2, 0.25) is 0 Å². The van der Waals surface area contributed by atoms with Crippen molar-refractivity contribution < 1.29 is 0 Å². The highest BCUT2D eigenvalue weighted by molar-refractivity contribution is 7.99. The van der Waals surface area contributed by atoms with E-state index in [1.165, 1.54) is 43.6 Å². The Bertz CT molecular complexity index is 134. The zero-order chi connectivity index (χ0) is 11.5. The summed E-state index contributed by atoms with van der Waals surface area (Å²) in [5.74, 6) is 4.58. The van der Waals surface area contributed by atoms with Crippen LogP contribution in [-0.2, 0) is 0 Å². The molecule has 90 valence electrons. The molecule has 0 bridgehead atoms. The predicted molar refractivity (Wildman–Crippen MR) is 74.6 cm³/mol. The second kappa shape index (κ2) is 10.6. The van der Waals surface area contributed by atoms with Gasteiger partial charge in [-0.15, -0.1) is 6.58 Å². The fraction of sp³-hybridized carbons (Fsp3) is 0.857. The minimum Gasteiger partial charge on any atom is -0.162 e. The van der Waals surface area contributed by atoms with Crippen LogP contribution in [-0.4, -0.2) is 11.5 Å². The van der Waals surface area contributed by atoms with Crippen LogP contribution in [0.25, 0.3) is 0 Å². The summed E-state index contributed by atoms with van der Waals surface area (Å²) in [6.07, 6.45) is 9.13. The molecule has 0 saturated heterocycles. The largest absolute Gasteiger partial charge is 0.162 e. The number of allylic oxidation sites excluding steroid dienone is 1. The SMILES string of the molecule is C=CC1CCC(CSCCC)CC1.CC. The van der Waals surface area contributed by atoms with Crippen LogP contribution in [0.5, 0.6) is 0 Å². The molecule has 1 aliphatic carbocycles. The third kappa shape index (κ3) is 7.05. The first-order valence-corrected chi connectivity index (χ1v) is 7.72. The third-order valence-electron chi connectivity index (χ3n) is 2.93. The number of hydrogen-bond acceptors (Lipinski definition) is 1. The van der Waals surface area contributed by atoms with Crippen molar-refractivity contribution in [3.63, 3.8) is 0 Å². The van der Waals surface area contributed by atoms with E-state index in [-0.39, 0.29) is 0 Å². The summed E-state index contributed by atoms with van der Waals surface area (Å²) in [5.41, 5.74) is 0. The van der Waals surface area contributed by atoms with Crippen molar-refractivity contribution >= 4 is 11.8 Å². The number of thioether (sulfide) groups is 1. The van der Waals surface area contributed by atoms with Crippen molar-refractivity contribution in [2.24, 2.45) is 11.8 Å². The van der Waals surface area contributed by atoms with Gasteiger partial charge in [-0.2, -0.15) is 11.8 Å². The van der Waals surface area contributed by atoms with E-state index in [0.717, 1.165) is 11.8 Å². The third-order valence-corrected chi connectivity index (χ3v) is 4.33. The van der Waals surface area contributed by atoms with Gasteiger partial charge in [0, 0.05) is 0 Å². The summed E-state index contributed by atoms with van der Waals surface area (Å²) in [7, 11) is 0. The summed E-state index contributed by atoms with van der Waals surface area (Å²) in [5, 5.41) is 0. The molecule has 1 aliphatic rings. The van der Waals surface area contributed by atoms with Crippen molar-refractivity contribution in [1.82, 2.24) is 0 Å². The quantitative estimate of drug-likeness (QED) is 0.463. The van der Waals surface area contributed by atoms with Crippen LogP contribution in [0.2, 0.25) is 0 Å². The fourth-order valence-electron chi connectivity index (χ4n) is 1.98. The van der Waals surface area contributed by atoms with Crippen LogP contribution in [0.1, 0.15) is 52.9 Å². The van der Waals surface area contributed by atoms with E-state index in [2.05, 4.69) is 31.3 Å². The lowest BCUT2D eigenvalue weighted by Gasteiger charge is -2.26. The van der Waals surface area contributed by atoms with Crippen molar-refractivity contribution in [3.05, 3.63) is 12.7 Å². The maximum atomic E-state index is 3.88. The number of hydrogen-bond donors (Lipinski definition) is 0. The molecular formula is C14H28S. The van der Waals surface area contributed by atoms with Gasteiger partial charge >= 0.3 is 0 Å². The lowest BCUT2D eigenvalue weighted by molar-refractivity contribution is 0.335. The van der Waals surface area contributed by atoms with E-state index in [0.29, 0.717) is 0 Å². The Morgan fingerprint density at radius 3 is 2.27 bits per heavy atom. The van der Waals surface area contributed by atoms with E-state index in [1.807, 2.05) is 13.8 Å². The van der Waals surface area contributed by atoms with E-state index in [4.69, 9.17) is 0 Å². The van der Waals surface area contributed by atoms with Gasteiger partial charge < -0.3 is 0 Å². The molecule has 15 heavy (non-hydrogen) atoms. The Kier molecular flexibility index (Phi) is 10.7. The summed E-state index contributed by atoms with van der Waals surface area (Å²) in [4.78, 5) is 0. The molecule has 0 nitrogen and oxygen atoms in total. The lowest BCUT2D eigenvalue weighted by Crippen LogP contribution is -2.14. The summed E-state index contributed by atoms with van der Waals surface area (Å²) in [6.45, 7) is 10.1. The van der Waals surface area contributed by atoms with Gasteiger partial charge in [0.05, 0.1) is 0 Å². The molecule has 1 saturated carbocycles. The minimum atomic E-state index is 0.826. The van der Waals surface area contributed by atoms with Crippen LogP contribution in [0.15, 0.2) is 12.7 Å². The Balaban J connectivity index is 0.000000921. The van der Waals surface area contributed by atoms with Crippen LogP contribution >= 0.6 is 11.8 Å². The van der Waals surface area contributed by atoms with Gasteiger partial charge in [-0.1, -0.05) is 26.8 Å². The highest BCUT2D eigenvalue weighted by atomic mass is 32.2. The first kappa shape index (κ1) is 15.1. The fourth-order valence-corrected chi connectivity index (χ4v) is 3.11. The van der Waals surface area contributed by atoms with Crippen molar-refractivity contribution in [2.45, 2.75) is 52.9 Å². The molecule has 0 aromatic rings. The van der Waals surface area contributed by atoms with Crippen LogP contribution < -0.4 is 0 Å². The standard InChI is InChI=1S/C12H22S.C2H6/c1-3-9-13-10-12-7-5-11(4-2)6-8-12;1-2/h4,11-12H,2-3,5-10H2,1H3;1-2H3. The van der Waals surface area contributed by atoms with E-state index in [1.54, 1.807) is 0 Å². The molecular weight excluding hydrogens is 200 g/mol. The molecule has 0 heterocycles. The van der Waals surface area contributed by atoms with Gasteiger partial charge in [0.15, 0.2) is 0 Å². The topological polar surface area (TPSA) is 0 Å². The van der Waals surface area contributed by atoms with E-state index in [9.17, 15) is 0 Å². The Labute approximate surface area is 101 Å². The molecule has 0 amide bonds. The molecule has 0 N–H and O–H groups in total. The van der Waals surface area contributed by atoms with Crippen molar-refractivity contribution in [3.8, 4) is 0 Å². The Morgan fingerprint density at radius 1 is 1.20 bits per heavy atom. The zero-order valence-corrected chi connectivity index (χ0v) is 11.6. The Morgan fingerprint density at radius 2 is 1.80 bits per heavy atom. The maximum absolute atomic E-state index is 3.88. The lowest BCUT2D eigenvalue weighted by atomic mass is 9.83. The molecule has 0 radical (unpaired) electrons. The smallest absolute Gasteiger partial charge is 0.00391 e. The van der Waals surface area contributed by atoms with Gasteiger partial charge in [0.25, 0.3) is 0 Å². The molecule has 1 rings (SSSR count).